The predicted molar refractivity (Wildman–Crippen MR) is 119 cm³/mol. The maximum Gasteiger partial charge on any atom is 0.345 e. The molecule has 0 unspecified atom stereocenters. The number of nitrogens with zero attached hydrogens (tertiary/aromatic N) is 3. The number of benzene rings is 1. The molecule has 8 nitrogen and oxygen atoms in total. The first-order chi connectivity index (χ1) is 15.0. The Hall–Kier alpha value is -3.46. The Bertz CT molecular complexity index is 1170. The van der Waals surface area contributed by atoms with Crippen LogP contribution in [-0.4, -0.2) is 50.4 Å². The Morgan fingerprint density at radius 1 is 1.13 bits per heavy atom. The molecule has 3 aromatic rings. The van der Waals surface area contributed by atoms with E-state index in [-0.39, 0.29) is 16.8 Å². The van der Waals surface area contributed by atoms with Gasteiger partial charge < -0.3 is 14.6 Å². The monoisotopic (exact) mass is 438 g/mol. The number of aromatic carboxylic acids is 1. The number of hydrogen-bond donors (Lipinski definition) is 2. The zero-order valence-electron chi connectivity index (χ0n) is 16.8. The molecule has 9 heteroatoms. The summed E-state index contributed by atoms with van der Waals surface area (Å²) in [5, 5.41) is 12.0. The largest absolute Gasteiger partial charge is 0.477 e. The molecule has 0 bridgehead atoms. The minimum Gasteiger partial charge on any atom is -0.477 e. The quantitative estimate of drug-likeness (QED) is 0.590. The molecule has 4 rings (SSSR count). The molecule has 1 fully saturated rings. The van der Waals surface area contributed by atoms with Crippen molar-refractivity contribution in [2.45, 2.75) is 25.3 Å². The zero-order chi connectivity index (χ0) is 22.0. The third-order valence-corrected chi connectivity index (χ3v) is 6.48. The first-order valence-corrected chi connectivity index (χ1v) is 10.8. The number of carboxylic acids is 1. The van der Waals surface area contributed by atoms with Gasteiger partial charge in [-0.25, -0.2) is 9.78 Å². The number of nitrogens with one attached hydrogen (secondary N) is 1. The molecule has 3 heterocycles. The number of imidazole rings is 1. The van der Waals surface area contributed by atoms with Crippen LogP contribution in [0.4, 0.5) is 5.95 Å². The number of thiophene rings is 1. The number of likely N-dealkylation sites (tertiary alicyclic amines) is 1. The number of carbonyl (C=O) groups excluding carboxylic acids is 2. The Balaban J connectivity index is 1.64. The fourth-order valence-corrected chi connectivity index (χ4v) is 4.67. The Morgan fingerprint density at radius 3 is 2.65 bits per heavy atom. The number of amides is 2. The third kappa shape index (κ3) is 4.22. The second-order valence-corrected chi connectivity index (χ2v) is 8.42. The Labute approximate surface area is 182 Å². The summed E-state index contributed by atoms with van der Waals surface area (Å²) in [6.45, 7) is 4.84. The number of carbonyl (C=O) groups is 3. The molecule has 1 atom stereocenters. The maximum absolute atomic E-state index is 12.8. The van der Waals surface area contributed by atoms with Crippen molar-refractivity contribution in [1.82, 2.24) is 14.5 Å². The van der Waals surface area contributed by atoms with Gasteiger partial charge in [-0.3, -0.25) is 14.9 Å². The van der Waals surface area contributed by atoms with Gasteiger partial charge >= 0.3 is 5.97 Å². The highest BCUT2D eigenvalue weighted by molar-refractivity contribution is 7.15. The maximum atomic E-state index is 12.8. The van der Waals surface area contributed by atoms with E-state index >= 15 is 0 Å². The van der Waals surface area contributed by atoms with Gasteiger partial charge in [0.1, 0.15) is 4.88 Å². The smallest absolute Gasteiger partial charge is 0.345 e. The Morgan fingerprint density at radius 2 is 1.90 bits per heavy atom. The van der Waals surface area contributed by atoms with Crippen molar-refractivity contribution >= 4 is 46.1 Å². The lowest BCUT2D eigenvalue weighted by atomic mass is 10.1. The minimum atomic E-state index is -1.06. The van der Waals surface area contributed by atoms with Crippen LogP contribution in [0.1, 0.15) is 44.6 Å². The van der Waals surface area contributed by atoms with Crippen molar-refractivity contribution < 1.29 is 19.5 Å². The highest BCUT2D eigenvalue weighted by atomic mass is 32.1. The van der Waals surface area contributed by atoms with E-state index in [1.807, 2.05) is 28.8 Å². The fourth-order valence-electron chi connectivity index (χ4n) is 3.93. The van der Waals surface area contributed by atoms with Crippen LogP contribution >= 0.6 is 11.3 Å². The summed E-state index contributed by atoms with van der Waals surface area (Å²) < 4.78 is 2.03. The average Bonchev–Trinajstić information content (AvgIpc) is 3.32. The Kier molecular flexibility index (Phi) is 5.85. The van der Waals surface area contributed by atoms with Gasteiger partial charge in [0.2, 0.25) is 11.9 Å². The molecule has 1 saturated heterocycles. The first-order valence-electron chi connectivity index (χ1n) is 10.0. The van der Waals surface area contributed by atoms with Gasteiger partial charge in [-0.15, -0.1) is 11.3 Å². The summed E-state index contributed by atoms with van der Waals surface area (Å²) in [7, 11) is 0. The van der Waals surface area contributed by atoms with E-state index < -0.39 is 11.9 Å². The molecule has 0 radical (unpaired) electrons. The molecule has 2 aromatic heterocycles. The number of para-hydroxylation sites is 2. The third-order valence-electron chi connectivity index (χ3n) is 5.41. The molecule has 1 aliphatic rings. The number of aromatic nitrogens is 2. The summed E-state index contributed by atoms with van der Waals surface area (Å²) in [5.41, 5.74) is 1.67. The molecule has 160 valence electrons. The van der Waals surface area contributed by atoms with Gasteiger partial charge in [-0.05, 0) is 49.6 Å². The molecule has 1 aromatic carbocycles. The zero-order valence-corrected chi connectivity index (χ0v) is 17.6. The van der Waals surface area contributed by atoms with Gasteiger partial charge in [0.25, 0.3) is 5.91 Å². The summed E-state index contributed by atoms with van der Waals surface area (Å²) in [6, 6.07) is 10.6. The van der Waals surface area contributed by atoms with Crippen molar-refractivity contribution in [3.63, 3.8) is 0 Å². The standard InChI is InChI=1S/C22H22N4O4S/c1-2-19(27)25-12-5-6-14(11-13-25)26-16-8-4-3-7-15(16)23-22(26)24-20(28)17-9-10-18(31-17)21(29)30/h2-4,7-10,14H,1,5-6,11-13H2,(H,29,30)(H,23,24,28)/t14-/m1/s1. The van der Waals surface area contributed by atoms with Gasteiger partial charge in [0, 0.05) is 19.1 Å². The lowest BCUT2D eigenvalue weighted by Gasteiger charge is -2.21. The number of carboxylic acid groups (broad SMARTS) is 1. The SMILES string of the molecule is C=CC(=O)N1CCC[C@@H](n2c(NC(=O)c3ccc(C(=O)O)s3)nc3ccccc32)CC1. The minimum absolute atomic E-state index is 0.0585. The highest BCUT2D eigenvalue weighted by Gasteiger charge is 2.25. The average molecular weight is 439 g/mol. The van der Waals surface area contributed by atoms with Crippen LogP contribution in [-0.2, 0) is 4.79 Å². The molecular formula is C22H22N4O4S. The molecule has 0 saturated carbocycles. The van der Waals surface area contributed by atoms with Crippen molar-refractivity contribution in [3.8, 4) is 0 Å². The van der Waals surface area contributed by atoms with Gasteiger partial charge in [-0.2, -0.15) is 0 Å². The van der Waals surface area contributed by atoms with Crippen LogP contribution in [0.3, 0.4) is 0 Å². The van der Waals surface area contributed by atoms with E-state index in [1.54, 1.807) is 4.90 Å². The second-order valence-electron chi connectivity index (χ2n) is 7.33. The highest BCUT2D eigenvalue weighted by Crippen LogP contribution is 2.31. The summed E-state index contributed by atoms with van der Waals surface area (Å²) in [4.78, 5) is 42.8. The van der Waals surface area contributed by atoms with Crippen LogP contribution in [0.15, 0.2) is 49.1 Å². The van der Waals surface area contributed by atoms with Crippen LogP contribution in [0.25, 0.3) is 11.0 Å². The van der Waals surface area contributed by atoms with Gasteiger partial charge in [0.15, 0.2) is 0 Å². The normalized spacial score (nSPS) is 16.6. The van der Waals surface area contributed by atoms with Crippen LogP contribution < -0.4 is 5.32 Å². The van der Waals surface area contributed by atoms with E-state index in [4.69, 9.17) is 5.11 Å². The second kappa shape index (κ2) is 8.73. The predicted octanol–water partition coefficient (Wildman–Crippen LogP) is 3.79. The van der Waals surface area contributed by atoms with Crippen molar-refractivity contribution in [3.05, 3.63) is 58.8 Å². The fraction of sp³-hybridized carbons (Fsp3) is 0.273. The van der Waals surface area contributed by atoms with Crippen molar-refractivity contribution in [1.29, 1.82) is 0 Å². The molecule has 0 aliphatic carbocycles. The molecule has 0 spiro atoms. The number of rotatable bonds is 5. The summed E-state index contributed by atoms with van der Waals surface area (Å²) in [6.07, 6.45) is 3.74. The van der Waals surface area contributed by atoms with Crippen molar-refractivity contribution in [2.75, 3.05) is 18.4 Å². The van der Waals surface area contributed by atoms with E-state index in [0.717, 1.165) is 41.6 Å². The van der Waals surface area contributed by atoms with E-state index in [1.165, 1.54) is 18.2 Å². The number of hydrogen-bond acceptors (Lipinski definition) is 5. The topological polar surface area (TPSA) is 105 Å². The first kappa shape index (κ1) is 20.8. The number of fused-ring (bicyclic) bond motifs is 1. The van der Waals surface area contributed by atoms with E-state index in [2.05, 4.69) is 16.9 Å². The van der Waals surface area contributed by atoms with Crippen molar-refractivity contribution in [2.24, 2.45) is 0 Å². The lowest BCUT2D eigenvalue weighted by Crippen LogP contribution is -2.30. The molecule has 31 heavy (non-hydrogen) atoms. The molecule has 1 aliphatic heterocycles. The molecular weight excluding hydrogens is 416 g/mol. The van der Waals surface area contributed by atoms with E-state index in [0.29, 0.717) is 23.9 Å². The van der Waals surface area contributed by atoms with Crippen LogP contribution in [0, 0.1) is 0 Å². The lowest BCUT2D eigenvalue weighted by molar-refractivity contribution is -0.125. The van der Waals surface area contributed by atoms with Gasteiger partial charge in [-0.1, -0.05) is 18.7 Å². The van der Waals surface area contributed by atoms with Crippen LogP contribution in [0.5, 0.6) is 0 Å². The van der Waals surface area contributed by atoms with Crippen LogP contribution in [0.2, 0.25) is 0 Å². The summed E-state index contributed by atoms with van der Waals surface area (Å²) >= 11 is 0.924. The van der Waals surface area contributed by atoms with Gasteiger partial charge in [0.05, 0.1) is 15.9 Å². The molecule has 2 N–H and O–H groups in total. The van der Waals surface area contributed by atoms with E-state index in [9.17, 15) is 14.4 Å². The number of anilines is 1. The summed E-state index contributed by atoms with van der Waals surface area (Å²) in [5.74, 6) is -1.11. The molecule has 2 amide bonds.